The molecule has 1 aromatic carbocycles. The molecule has 0 saturated heterocycles. The SMILES string of the molecule is Cc1nc(CC(=O)Nc2ccc(C(=O)O)c(C)c2)cs1. The van der Waals surface area contributed by atoms with Gasteiger partial charge in [-0.15, -0.1) is 11.3 Å². The van der Waals surface area contributed by atoms with Crippen LogP contribution in [0.2, 0.25) is 0 Å². The summed E-state index contributed by atoms with van der Waals surface area (Å²) in [5.41, 5.74) is 2.17. The molecule has 0 atom stereocenters. The van der Waals surface area contributed by atoms with Crippen molar-refractivity contribution in [2.45, 2.75) is 20.3 Å². The number of carbonyl (C=O) groups excluding carboxylic acids is 1. The lowest BCUT2D eigenvalue weighted by Gasteiger charge is -2.07. The predicted molar refractivity (Wildman–Crippen MR) is 77.3 cm³/mol. The van der Waals surface area contributed by atoms with Crippen molar-refractivity contribution < 1.29 is 14.7 Å². The molecule has 0 aliphatic heterocycles. The maximum absolute atomic E-state index is 11.9. The van der Waals surface area contributed by atoms with Crippen LogP contribution in [0.15, 0.2) is 23.6 Å². The number of carboxylic acids is 1. The van der Waals surface area contributed by atoms with Crippen molar-refractivity contribution in [2.75, 3.05) is 5.32 Å². The number of aromatic nitrogens is 1. The average molecular weight is 290 g/mol. The van der Waals surface area contributed by atoms with Gasteiger partial charge in [0.2, 0.25) is 5.91 Å². The van der Waals surface area contributed by atoms with Gasteiger partial charge in [-0.05, 0) is 37.6 Å². The first-order chi connectivity index (χ1) is 9.45. The highest BCUT2D eigenvalue weighted by Crippen LogP contribution is 2.16. The summed E-state index contributed by atoms with van der Waals surface area (Å²) in [6.07, 6.45) is 0.212. The highest BCUT2D eigenvalue weighted by molar-refractivity contribution is 7.09. The molecule has 6 heteroatoms. The number of anilines is 1. The molecule has 20 heavy (non-hydrogen) atoms. The molecule has 0 aliphatic rings. The molecule has 0 aliphatic carbocycles. The van der Waals surface area contributed by atoms with Gasteiger partial charge in [-0.2, -0.15) is 0 Å². The lowest BCUT2D eigenvalue weighted by atomic mass is 10.1. The molecule has 1 aromatic heterocycles. The summed E-state index contributed by atoms with van der Waals surface area (Å²) < 4.78 is 0. The van der Waals surface area contributed by atoms with E-state index in [9.17, 15) is 9.59 Å². The van der Waals surface area contributed by atoms with Crippen LogP contribution in [-0.4, -0.2) is 22.0 Å². The molecule has 0 spiro atoms. The molecule has 0 unspecified atom stereocenters. The lowest BCUT2D eigenvalue weighted by molar-refractivity contribution is -0.115. The molecule has 2 rings (SSSR count). The Labute approximate surface area is 120 Å². The minimum atomic E-state index is -0.974. The maximum Gasteiger partial charge on any atom is 0.335 e. The standard InChI is InChI=1S/C14H14N2O3S/c1-8-5-10(3-4-12(8)14(18)19)16-13(17)6-11-7-20-9(2)15-11/h3-5,7H,6H2,1-2H3,(H,16,17)(H,18,19). The third-order valence-corrected chi connectivity index (χ3v) is 3.57. The van der Waals surface area contributed by atoms with Crippen molar-refractivity contribution in [3.63, 3.8) is 0 Å². The average Bonchev–Trinajstić information content (AvgIpc) is 2.74. The molecule has 104 valence electrons. The van der Waals surface area contributed by atoms with Crippen LogP contribution in [0, 0.1) is 13.8 Å². The number of carboxylic acid groups (broad SMARTS) is 1. The zero-order chi connectivity index (χ0) is 14.7. The van der Waals surface area contributed by atoms with Gasteiger partial charge in [0.25, 0.3) is 0 Å². The Kier molecular flexibility index (Phi) is 4.14. The maximum atomic E-state index is 11.9. The second kappa shape index (κ2) is 5.83. The number of hydrogen-bond donors (Lipinski definition) is 2. The monoisotopic (exact) mass is 290 g/mol. The van der Waals surface area contributed by atoms with E-state index in [2.05, 4.69) is 10.3 Å². The minimum Gasteiger partial charge on any atom is -0.478 e. The van der Waals surface area contributed by atoms with E-state index >= 15 is 0 Å². The number of thiazole rings is 1. The van der Waals surface area contributed by atoms with Crippen molar-refractivity contribution in [1.82, 2.24) is 4.98 Å². The number of rotatable bonds is 4. The largest absolute Gasteiger partial charge is 0.478 e. The van der Waals surface area contributed by atoms with Gasteiger partial charge in [0.1, 0.15) is 0 Å². The molecule has 1 heterocycles. The topological polar surface area (TPSA) is 79.3 Å². The summed E-state index contributed by atoms with van der Waals surface area (Å²) in [7, 11) is 0. The quantitative estimate of drug-likeness (QED) is 0.907. The molecule has 0 fully saturated rings. The molecule has 2 N–H and O–H groups in total. The number of hydrogen-bond acceptors (Lipinski definition) is 4. The molecule has 5 nitrogen and oxygen atoms in total. The van der Waals surface area contributed by atoms with Gasteiger partial charge in [0.05, 0.1) is 22.7 Å². The van der Waals surface area contributed by atoms with Gasteiger partial charge in [0, 0.05) is 11.1 Å². The van der Waals surface area contributed by atoms with E-state index in [0.717, 1.165) is 10.7 Å². The summed E-state index contributed by atoms with van der Waals surface area (Å²) in [5, 5.41) is 14.5. The predicted octanol–water partition coefficient (Wildman–Crippen LogP) is 2.64. The van der Waals surface area contributed by atoms with E-state index in [0.29, 0.717) is 11.3 Å². The van der Waals surface area contributed by atoms with Crippen molar-refractivity contribution in [1.29, 1.82) is 0 Å². The Balaban J connectivity index is 2.04. The molecular formula is C14H14N2O3S. The Morgan fingerprint density at radius 1 is 1.35 bits per heavy atom. The first kappa shape index (κ1) is 14.2. The van der Waals surface area contributed by atoms with Gasteiger partial charge in [-0.3, -0.25) is 4.79 Å². The van der Waals surface area contributed by atoms with E-state index < -0.39 is 5.97 Å². The van der Waals surface area contributed by atoms with Crippen LogP contribution >= 0.6 is 11.3 Å². The number of nitrogens with zero attached hydrogens (tertiary/aromatic N) is 1. The lowest BCUT2D eigenvalue weighted by Crippen LogP contribution is -2.15. The van der Waals surface area contributed by atoms with E-state index in [-0.39, 0.29) is 17.9 Å². The van der Waals surface area contributed by atoms with Crippen LogP contribution in [-0.2, 0) is 11.2 Å². The fourth-order valence-corrected chi connectivity index (χ4v) is 2.45. The highest BCUT2D eigenvalue weighted by atomic mass is 32.1. The molecule has 0 bridgehead atoms. The third kappa shape index (κ3) is 3.42. The number of aromatic carboxylic acids is 1. The fraction of sp³-hybridized carbons (Fsp3) is 0.214. The van der Waals surface area contributed by atoms with Crippen LogP contribution in [0.3, 0.4) is 0 Å². The minimum absolute atomic E-state index is 0.169. The Morgan fingerprint density at radius 3 is 2.65 bits per heavy atom. The van der Waals surface area contributed by atoms with Crippen molar-refractivity contribution in [3.8, 4) is 0 Å². The number of aryl methyl sites for hydroxylation is 2. The third-order valence-electron chi connectivity index (χ3n) is 2.75. The first-order valence-electron chi connectivity index (χ1n) is 6.00. The number of nitrogens with one attached hydrogen (secondary N) is 1. The highest BCUT2D eigenvalue weighted by Gasteiger charge is 2.10. The van der Waals surface area contributed by atoms with E-state index in [1.165, 1.54) is 17.4 Å². The molecular weight excluding hydrogens is 276 g/mol. The van der Waals surface area contributed by atoms with Crippen LogP contribution in [0.5, 0.6) is 0 Å². The summed E-state index contributed by atoms with van der Waals surface area (Å²) in [5.74, 6) is -1.14. The summed E-state index contributed by atoms with van der Waals surface area (Å²) in [4.78, 5) is 27.0. The number of amides is 1. The van der Waals surface area contributed by atoms with E-state index in [1.54, 1.807) is 19.1 Å². The van der Waals surface area contributed by atoms with Crippen LogP contribution < -0.4 is 5.32 Å². The van der Waals surface area contributed by atoms with Gasteiger partial charge in [-0.25, -0.2) is 9.78 Å². The molecule has 0 saturated carbocycles. The number of benzene rings is 1. The second-order valence-electron chi connectivity index (χ2n) is 4.42. The van der Waals surface area contributed by atoms with Gasteiger partial charge < -0.3 is 10.4 Å². The smallest absolute Gasteiger partial charge is 0.335 e. The summed E-state index contributed by atoms with van der Waals surface area (Å²) in [6.45, 7) is 3.59. The van der Waals surface area contributed by atoms with Crippen molar-refractivity contribution >= 4 is 28.9 Å². The molecule has 0 radical (unpaired) electrons. The number of carbonyl (C=O) groups is 2. The summed E-state index contributed by atoms with van der Waals surface area (Å²) >= 11 is 1.50. The van der Waals surface area contributed by atoms with Gasteiger partial charge in [-0.1, -0.05) is 0 Å². The molecule has 2 aromatic rings. The van der Waals surface area contributed by atoms with Gasteiger partial charge >= 0.3 is 5.97 Å². The summed E-state index contributed by atoms with van der Waals surface area (Å²) in [6, 6.07) is 4.72. The zero-order valence-corrected chi connectivity index (χ0v) is 12.0. The zero-order valence-electron chi connectivity index (χ0n) is 11.1. The van der Waals surface area contributed by atoms with Crippen molar-refractivity contribution in [3.05, 3.63) is 45.4 Å². The van der Waals surface area contributed by atoms with Gasteiger partial charge in [0.15, 0.2) is 0 Å². The van der Waals surface area contributed by atoms with Crippen LogP contribution in [0.4, 0.5) is 5.69 Å². The second-order valence-corrected chi connectivity index (χ2v) is 5.48. The van der Waals surface area contributed by atoms with Crippen LogP contribution in [0.1, 0.15) is 26.6 Å². The van der Waals surface area contributed by atoms with E-state index in [4.69, 9.17) is 5.11 Å². The molecule has 1 amide bonds. The Hall–Kier alpha value is -2.21. The van der Waals surface area contributed by atoms with Crippen LogP contribution in [0.25, 0.3) is 0 Å². The normalized spacial score (nSPS) is 10.3. The Morgan fingerprint density at radius 2 is 2.10 bits per heavy atom. The van der Waals surface area contributed by atoms with Crippen molar-refractivity contribution in [2.24, 2.45) is 0 Å². The van der Waals surface area contributed by atoms with E-state index in [1.807, 2.05) is 12.3 Å². The Bertz CT molecular complexity index is 664. The fourth-order valence-electron chi connectivity index (χ4n) is 1.84. The first-order valence-corrected chi connectivity index (χ1v) is 6.88.